The minimum absolute atomic E-state index is 0.0104. The first-order valence-corrected chi connectivity index (χ1v) is 11.9. The molecule has 38 heavy (non-hydrogen) atoms. The van der Waals surface area contributed by atoms with Gasteiger partial charge in [-0.2, -0.15) is 28.5 Å². The van der Waals surface area contributed by atoms with Crippen LogP contribution in [0.4, 0.5) is 22.0 Å². The van der Waals surface area contributed by atoms with E-state index < -0.39 is 23.4 Å². The number of imidazole rings is 1. The third-order valence-electron chi connectivity index (χ3n) is 6.07. The molecule has 1 aliphatic heterocycles. The van der Waals surface area contributed by atoms with Crippen LogP contribution >= 0.6 is 0 Å². The number of nitrogens with zero attached hydrogens (tertiary/aromatic N) is 5. The molecule has 0 saturated heterocycles. The van der Waals surface area contributed by atoms with Gasteiger partial charge in [0.1, 0.15) is 5.82 Å². The molecule has 0 bridgehead atoms. The molecule has 0 atom stereocenters. The second-order valence-corrected chi connectivity index (χ2v) is 9.50. The largest absolute Gasteiger partial charge is 0.417 e. The standard InChI is InChI=1S/C27H23F5N6/c1-15(2)10-16-6-8-18(20(11-16)27(30,31)32)22-9-7-17(36-37-22)13-38-14-24-23(12-33-38)34-26(35-24)19-4-3-5-21(28)25(19)29/h3-9,11-12,15H,10,13-14H2,1-2H3,(H,34,35). The summed E-state index contributed by atoms with van der Waals surface area (Å²) in [5.74, 6) is -1.55. The van der Waals surface area contributed by atoms with Crippen LogP contribution in [0.1, 0.15) is 42.1 Å². The summed E-state index contributed by atoms with van der Waals surface area (Å²) in [6.07, 6.45) is -2.47. The Morgan fingerprint density at radius 1 is 1.00 bits per heavy atom. The first-order chi connectivity index (χ1) is 18.1. The van der Waals surface area contributed by atoms with Gasteiger partial charge >= 0.3 is 6.18 Å². The van der Waals surface area contributed by atoms with Crippen molar-refractivity contribution < 1.29 is 22.0 Å². The lowest BCUT2D eigenvalue weighted by atomic mass is 9.96. The summed E-state index contributed by atoms with van der Waals surface area (Å²) in [7, 11) is 0. The number of H-pyrrole nitrogens is 1. The number of aromatic nitrogens is 4. The van der Waals surface area contributed by atoms with Gasteiger partial charge < -0.3 is 4.98 Å². The van der Waals surface area contributed by atoms with Gasteiger partial charge in [0.2, 0.25) is 0 Å². The average Bonchev–Trinajstić information content (AvgIpc) is 3.28. The lowest BCUT2D eigenvalue weighted by Gasteiger charge is -2.20. The second kappa shape index (κ2) is 9.96. The van der Waals surface area contributed by atoms with Crippen molar-refractivity contribution in [2.75, 3.05) is 0 Å². The number of hydrogen-bond donors (Lipinski definition) is 1. The molecule has 5 rings (SSSR count). The van der Waals surface area contributed by atoms with Crippen LogP contribution in [-0.2, 0) is 25.7 Å². The molecular formula is C27H23F5N6. The maximum Gasteiger partial charge on any atom is 0.417 e. The van der Waals surface area contributed by atoms with Gasteiger partial charge in [-0.25, -0.2) is 13.8 Å². The minimum atomic E-state index is -4.53. The summed E-state index contributed by atoms with van der Waals surface area (Å²) >= 11 is 0. The zero-order chi connectivity index (χ0) is 27.0. The zero-order valence-electron chi connectivity index (χ0n) is 20.5. The number of hydrazone groups is 1. The molecule has 3 heterocycles. The lowest BCUT2D eigenvalue weighted by Crippen LogP contribution is -2.22. The number of alkyl halides is 3. The number of fused-ring (bicyclic) bond motifs is 1. The molecule has 1 N–H and O–H groups in total. The summed E-state index contributed by atoms with van der Waals surface area (Å²) in [6.45, 7) is 4.39. The predicted octanol–water partition coefficient (Wildman–Crippen LogP) is 6.38. The van der Waals surface area contributed by atoms with Crippen molar-refractivity contribution in [1.29, 1.82) is 0 Å². The van der Waals surface area contributed by atoms with Crippen molar-refractivity contribution in [3.05, 3.63) is 88.4 Å². The Bertz CT molecular complexity index is 1490. The number of hydrogen-bond acceptors (Lipinski definition) is 5. The van der Waals surface area contributed by atoms with Crippen molar-refractivity contribution in [1.82, 2.24) is 25.2 Å². The molecule has 2 aromatic heterocycles. The highest BCUT2D eigenvalue weighted by molar-refractivity contribution is 5.80. The molecule has 0 amide bonds. The van der Waals surface area contributed by atoms with Crippen molar-refractivity contribution >= 4 is 6.21 Å². The summed E-state index contributed by atoms with van der Waals surface area (Å²) < 4.78 is 69.2. The van der Waals surface area contributed by atoms with Crippen LogP contribution in [0.3, 0.4) is 0 Å². The summed E-state index contributed by atoms with van der Waals surface area (Å²) in [5.41, 5.74) is 1.62. The average molecular weight is 527 g/mol. The fourth-order valence-electron chi connectivity index (χ4n) is 4.34. The van der Waals surface area contributed by atoms with Gasteiger partial charge in [0, 0.05) is 5.56 Å². The fraction of sp³-hybridized carbons (Fsp3) is 0.259. The Balaban J connectivity index is 1.32. The van der Waals surface area contributed by atoms with E-state index in [0.717, 1.165) is 6.07 Å². The molecule has 1 aliphatic rings. The fourth-order valence-corrected chi connectivity index (χ4v) is 4.34. The van der Waals surface area contributed by atoms with E-state index in [-0.39, 0.29) is 41.7 Å². The third-order valence-corrected chi connectivity index (χ3v) is 6.07. The van der Waals surface area contributed by atoms with E-state index in [1.54, 1.807) is 17.1 Å². The van der Waals surface area contributed by atoms with Crippen LogP contribution in [0.15, 0.2) is 53.6 Å². The molecule has 11 heteroatoms. The predicted molar refractivity (Wildman–Crippen MR) is 132 cm³/mol. The van der Waals surface area contributed by atoms with Crippen LogP contribution in [0, 0.1) is 17.6 Å². The molecule has 6 nitrogen and oxygen atoms in total. The van der Waals surface area contributed by atoms with Crippen molar-refractivity contribution in [2.45, 2.75) is 39.5 Å². The Hall–Kier alpha value is -4.15. The van der Waals surface area contributed by atoms with E-state index >= 15 is 0 Å². The number of nitrogens with one attached hydrogen (secondary N) is 1. The molecule has 0 radical (unpaired) electrons. The van der Waals surface area contributed by atoms with Gasteiger partial charge in [0.05, 0.1) is 53.2 Å². The number of halogens is 5. The molecule has 4 aromatic rings. The van der Waals surface area contributed by atoms with Crippen LogP contribution in [0.2, 0.25) is 0 Å². The quantitative estimate of drug-likeness (QED) is 0.296. The minimum Gasteiger partial charge on any atom is -0.337 e. The molecular weight excluding hydrogens is 503 g/mol. The van der Waals surface area contributed by atoms with Gasteiger partial charge in [-0.05, 0) is 48.2 Å². The molecule has 0 aliphatic carbocycles. The maximum atomic E-state index is 14.2. The first-order valence-electron chi connectivity index (χ1n) is 11.9. The monoisotopic (exact) mass is 526 g/mol. The van der Waals surface area contributed by atoms with Gasteiger partial charge in [0.25, 0.3) is 0 Å². The molecule has 0 spiro atoms. The van der Waals surface area contributed by atoms with E-state index in [1.807, 2.05) is 13.8 Å². The summed E-state index contributed by atoms with van der Waals surface area (Å²) in [6, 6.07) is 11.3. The van der Waals surface area contributed by atoms with Crippen LogP contribution in [0.5, 0.6) is 0 Å². The third kappa shape index (κ3) is 5.27. The second-order valence-electron chi connectivity index (χ2n) is 9.50. The summed E-state index contributed by atoms with van der Waals surface area (Å²) in [4.78, 5) is 7.33. The Morgan fingerprint density at radius 3 is 2.53 bits per heavy atom. The smallest absolute Gasteiger partial charge is 0.337 e. The number of benzene rings is 2. The van der Waals surface area contributed by atoms with Crippen LogP contribution in [-0.4, -0.2) is 31.4 Å². The Morgan fingerprint density at radius 2 is 1.82 bits per heavy atom. The highest BCUT2D eigenvalue weighted by atomic mass is 19.4. The highest BCUT2D eigenvalue weighted by Crippen LogP contribution is 2.37. The van der Waals surface area contributed by atoms with Crippen molar-refractivity contribution in [3.63, 3.8) is 0 Å². The van der Waals surface area contributed by atoms with Crippen molar-refractivity contribution in [2.24, 2.45) is 11.0 Å². The van der Waals surface area contributed by atoms with Gasteiger partial charge in [-0.15, -0.1) is 0 Å². The number of rotatable bonds is 6. The maximum absolute atomic E-state index is 14.2. The number of aromatic amines is 1. The first kappa shape index (κ1) is 25.5. The molecule has 2 aromatic carbocycles. The SMILES string of the molecule is CC(C)Cc1ccc(-c2ccc(CN3Cc4nc(-c5cccc(F)c5F)[nH]c4C=N3)nn2)c(C(F)(F)F)c1. The van der Waals surface area contributed by atoms with E-state index in [1.165, 1.54) is 36.5 Å². The topological polar surface area (TPSA) is 70.1 Å². The van der Waals surface area contributed by atoms with Gasteiger partial charge in [0.15, 0.2) is 11.6 Å². The normalized spacial score (nSPS) is 13.3. The molecule has 0 fully saturated rings. The van der Waals surface area contributed by atoms with Gasteiger partial charge in [-0.1, -0.05) is 32.0 Å². The van der Waals surface area contributed by atoms with Gasteiger partial charge in [-0.3, -0.25) is 5.01 Å². The molecule has 0 unspecified atom stereocenters. The van der Waals surface area contributed by atoms with Crippen LogP contribution < -0.4 is 0 Å². The summed E-state index contributed by atoms with van der Waals surface area (Å²) in [5, 5.41) is 14.1. The Kier molecular flexibility index (Phi) is 6.68. The van der Waals surface area contributed by atoms with Crippen molar-refractivity contribution in [3.8, 4) is 22.6 Å². The zero-order valence-corrected chi connectivity index (χ0v) is 20.5. The van der Waals surface area contributed by atoms with E-state index in [0.29, 0.717) is 29.1 Å². The van der Waals surface area contributed by atoms with E-state index in [9.17, 15) is 22.0 Å². The van der Waals surface area contributed by atoms with E-state index in [2.05, 4.69) is 25.3 Å². The molecule has 196 valence electrons. The highest BCUT2D eigenvalue weighted by Gasteiger charge is 2.34. The molecule has 0 saturated carbocycles. The lowest BCUT2D eigenvalue weighted by molar-refractivity contribution is -0.137. The van der Waals surface area contributed by atoms with E-state index in [4.69, 9.17) is 0 Å². The van der Waals surface area contributed by atoms with Crippen LogP contribution in [0.25, 0.3) is 22.6 Å². The Labute approximate surface area is 215 Å².